The fourth-order valence-corrected chi connectivity index (χ4v) is 5.41. The summed E-state index contributed by atoms with van der Waals surface area (Å²) in [7, 11) is 0. The summed E-state index contributed by atoms with van der Waals surface area (Å²) in [6.07, 6.45) is 5.10. The van der Waals surface area contributed by atoms with E-state index < -0.39 is 0 Å². The van der Waals surface area contributed by atoms with Crippen molar-refractivity contribution in [3.63, 3.8) is 0 Å². The molecule has 0 bridgehead atoms. The van der Waals surface area contributed by atoms with Crippen LogP contribution in [0.25, 0.3) is 10.2 Å². The second-order valence-electron chi connectivity index (χ2n) is 7.43. The molecule has 2 aliphatic rings. The lowest BCUT2D eigenvalue weighted by atomic mass is 9.89. The zero-order valence-electron chi connectivity index (χ0n) is 16.3. The zero-order chi connectivity index (χ0) is 19.0. The van der Waals surface area contributed by atoms with E-state index in [0.717, 1.165) is 60.0 Å². The monoisotopic (exact) mass is 389 g/mol. The first-order chi connectivity index (χ1) is 13.1. The van der Waals surface area contributed by atoms with Gasteiger partial charge in [-0.3, -0.25) is 0 Å². The van der Waals surface area contributed by atoms with Crippen molar-refractivity contribution in [3.05, 3.63) is 16.3 Å². The molecule has 2 saturated heterocycles. The van der Waals surface area contributed by atoms with Crippen LogP contribution in [-0.2, 0) is 9.47 Å². The largest absolute Gasteiger partial charge is 0.462 e. The lowest BCUT2D eigenvalue weighted by Crippen LogP contribution is -2.38. The average molecular weight is 390 g/mol. The first kappa shape index (κ1) is 18.6. The molecule has 0 amide bonds. The number of nitrogens with zero attached hydrogens (tertiary/aromatic N) is 3. The van der Waals surface area contributed by atoms with E-state index in [1.165, 1.54) is 24.2 Å². The smallest absolute Gasteiger partial charge is 0.348 e. The summed E-state index contributed by atoms with van der Waals surface area (Å²) in [5, 5.41) is 1.00. The number of carbonyl (C=O) groups excluding carboxylic acids is 1. The summed E-state index contributed by atoms with van der Waals surface area (Å²) in [6, 6.07) is 0. The molecule has 2 aromatic heterocycles. The lowest BCUT2D eigenvalue weighted by molar-refractivity contribution is 0.0528. The topological polar surface area (TPSA) is 64.5 Å². The van der Waals surface area contributed by atoms with Crippen molar-refractivity contribution < 1.29 is 14.3 Å². The van der Waals surface area contributed by atoms with Crippen molar-refractivity contribution in [2.45, 2.75) is 52.6 Å². The van der Waals surface area contributed by atoms with Gasteiger partial charge in [0.1, 0.15) is 21.3 Å². The molecular weight excluding hydrogens is 362 g/mol. The number of esters is 1. The molecule has 4 heterocycles. The molecule has 4 rings (SSSR count). The predicted molar refractivity (Wildman–Crippen MR) is 107 cm³/mol. The maximum absolute atomic E-state index is 12.3. The number of carbonyl (C=O) groups is 1. The standard InChI is InChI=1S/C20H27N3O3S/c1-4-25-20(24)17-12(2)16-18(21-13(3)22-19(16)27-17)23-9-7-14(8-10-23)15-6-5-11-26-15/h14-15H,4-11H2,1-3H3. The second-order valence-corrected chi connectivity index (χ2v) is 8.43. The number of hydrogen-bond acceptors (Lipinski definition) is 7. The molecule has 6 nitrogen and oxygen atoms in total. The van der Waals surface area contributed by atoms with Crippen molar-refractivity contribution in [2.24, 2.45) is 5.92 Å². The molecular formula is C20H27N3O3S. The van der Waals surface area contributed by atoms with Crippen molar-refractivity contribution in [1.29, 1.82) is 0 Å². The molecule has 1 atom stereocenters. The van der Waals surface area contributed by atoms with Gasteiger partial charge < -0.3 is 14.4 Å². The van der Waals surface area contributed by atoms with E-state index in [4.69, 9.17) is 14.5 Å². The first-order valence-electron chi connectivity index (χ1n) is 9.90. The molecule has 7 heteroatoms. The summed E-state index contributed by atoms with van der Waals surface area (Å²) in [6.45, 7) is 8.96. The summed E-state index contributed by atoms with van der Waals surface area (Å²) in [4.78, 5) is 25.5. The lowest BCUT2D eigenvalue weighted by Gasteiger charge is -2.35. The Bertz CT molecular complexity index is 837. The Kier molecular flexibility index (Phi) is 5.32. The Balaban J connectivity index is 1.62. The predicted octanol–water partition coefficient (Wildman–Crippen LogP) is 3.88. The Morgan fingerprint density at radius 3 is 2.70 bits per heavy atom. The van der Waals surface area contributed by atoms with Crippen molar-refractivity contribution in [2.75, 3.05) is 31.2 Å². The van der Waals surface area contributed by atoms with Gasteiger partial charge in [-0.1, -0.05) is 0 Å². The Morgan fingerprint density at radius 2 is 2.04 bits per heavy atom. The zero-order valence-corrected chi connectivity index (χ0v) is 17.1. The molecule has 0 spiro atoms. The quantitative estimate of drug-likeness (QED) is 0.740. The highest BCUT2D eigenvalue weighted by Gasteiger charge is 2.31. The minimum atomic E-state index is -0.265. The van der Waals surface area contributed by atoms with Crippen LogP contribution in [0.15, 0.2) is 0 Å². The molecule has 2 aliphatic heterocycles. The highest BCUT2D eigenvalue weighted by molar-refractivity contribution is 7.20. The van der Waals surface area contributed by atoms with Crippen LogP contribution in [0.3, 0.4) is 0 Å². The van der Waals surface area contributed by atoms with Crippen LogP contribution < -0.4 is 4.90 Å². The number of rotatable bonds is 4. The average Bonchev–Trinajstić information content (AvgIpc) is 3.30. The van der Waals surface area contributed by atoms with Gasteiger partial charge >= 0.3 is 5.97 Å². The molecule has 0 saturated carbocycles. The van der Waals surface area contributed by atoms with Crippen LogP contribution in [0.2, 0.25) is 0 Å². The Hall–Kier alpha value is -1.73. The molecule has 146 valence electrons. The summed E-state index contributed by atoms with van der Waals surface area (Å²) in [5.41, 5.74) is 0.935. The van der Waals surface area contributed by atoms with Gasteiger partial charge in [-0.2, -0.15) is 0 Å². The minimum absolute atomic E-state index is 0.265. The van der Waals surface area contributed by atoms with Crippen LogP contribution in [0, 0.1) is 19.8 Å². The first-order valence-corrected chi connectivity index (χ1v) is 10.7. The SMILES string of the molecule is CCOC(=O)c1sc2nc(C)nc(N3CCC(C4CCCO4)CC3)c2c1C. The van der Waals surface area contributed by atoms with Crippen LogP contribution in [0.4, 0.5) is 5.82 Å². The number of hydrogen-bond donors (Lipinski definition) is 0. The molecule has 2 aromatic rings. The van der Waals surface area contributed by atoms with Crippen LogP contribution >= 0.6 is 11.3 Å². The molecule has 0 aliphatic carbocycles. The van der Waals surface area contributed by atoms with Crippen molar-refractivity contribution >= 4 is 33.3 Å². The Morgan fingerprint density at radius 1 is 1.26 bits per heavy atom. The number of piperidine rings is 1. The van der Waals surface area contributed by atoms with Gasteiger partial charge in [0.2, 0.25) is 0 Å². The third kappa shape index (κ3) is 3.55. The van der Waals surface area contributed by atoms with Crippen LogP contribution in [0.1, 0.15) is 53.7 Å². The number of aryl methyl sites for hydroxylation is 2. The van der Waals surface area contributed by atoms with Gasteiger partial charge in [-0.15, -0.1) is 11.3 Å². The van der Waals surface area contributed by atoms with Crippen LogP contribution in [-0.4, -0.2) is 48.3 Å². The third-order valence-electron chi connectivity index (χ3n) is 5.67. The highest BCUT2D eigenvalue weighted by Crippen LogP contribution is 2.38. The second kappa shape index (κ2) is 7.72. The molecule has 1 unspecified atom stereocenters. The maximum atomic E-state index is 12.3. The fourth-order valence-electron chi connectivity index (χ4n) is 4.30. The van der Waals surface area contributed by atoms with Crippen molar-refractivity contribution in [3.8, 4) is 0 Å². The van der Waals surface area contributed by atoms with E-state index in [-0.39, 0.29) is 5.97 Å². The number of thiophene rings is 1. The number of fused-ring (bicyclic) bond motifs is 1. The number of ether oxygens (including phenoxy) is 2. The summed E-state index contributed by atoms with van der Waals surface area (Å²) >= 11 is 1.41. The minimum Gasteiger partial charge on any atom is -0.462 e. The normalized spacial score (nSPS) is 21.1. The Labute approximate surface area is 163 Å². The molecule has 27 heavy (non-hydrogen) atoms. The van der Waals surface area contributed by atoms with E-state index in [0.29, 0.717) is 23.5 Å². The molecule has 0 radical (unpaired) electrons. The molecule has 2 fully saturated rings. The van der Waals surface area contributed by atoms with E-state index in [1.807, 2.05) is 20.8 Å². The number of anilines is 1. The summed E-state index contributed by atoms with van der Waals surface area (Å²) in [5.74, 6) is 2.10. The van der Waals surface area contributed by atoms with E-state index in [2.05, 4.69) is 9.88 Å². The van der Waals surface area contributed by atoms with Gasteiger partial charge in [0.15, 0.2) is 0 Å². The van der Waals surface area contributed by atoms with Gasteiger partial charge in [0.25, 0.3) is 0 Å². The van der Waals surface area contributed by atoms with E-state index in [1.54, 1.807) is 0 Å². The third-order valence-corrected chi connectivity index (χ3v) is 6.84. The fraction of sp³-hybridized carbons (Fsp3) is 0.650. The summed E-state index contributed by atoms with van der Waals surface area (Å²) < 4.78 is 11.1. The van der Waals surface area contributed by atoms with Gasteiger partial charge in [-0.25, -0.2) is 14.8 Å². The molecule has 0 aromatic carbocycles. The number of aromatic nitrogens is 2. The van der Waals surface area contributed by atoms with Crippen molar-refractivity contribution in [1.82, 2.24) is 9.97 Å². The highest BCUT2D eigenvalue weighted by atomic mass is 32.1. The molecule has 0 N–H and O–H groups in total. The van der Waals surface area contributed by atoms with Gasteiger partial charge in [0.05, 0.1) is 18.1 Å². The van der Waals surface area contributed by atoms with E-state index >= 15 is 0 Å². The maximum Gasteiger partial charge on any atom is 0.348 e. The van der Waals surface area contributed by atoms with Gasteiger partial charge in [-0.05, 0) is 57.9 Å². The van der Waals surface area contributed by atoms with Gasteiger partial charge in [0, 0.05) is 19.7 Å². The van der Waals surface area contributed by atoms with Crippen LogP contribution in [0.5, 0.6) is 0 Å². The van der Waals surface area contributed by atoms with E-state index in [9.17, 15) is 4.79 Å².